The molecule has 3 N–H and O–H groups in total. The van der Waals surface area contributed by atoms with Gasteiger partial charge in [0.25, 0.3) is 0 Å². The average Bonchev–Trinajstić information content (AvgIpc) is 3.12. The number of carbonyl (C=O) groups excluding carboxylic acids is 1. The van der Waals surface area contributed by atoms with E-state index in [1.54, 1.807) is 13.3 Å². The van der Waals surface area contributed by atoms with E-state index in [4.69, 9.17) is 15.6 Å². The fraction of sp³-hybridized carbons (Fsp3) is 0.444. The van der Waals surface area contributed by atoms with E-state index in [-0.39, 0.29) is 36.6 Å². The summed E-state index contributed by atoms with van der Waals surface area (Å²) in [5.74, 6) is 2.18. The Hall–Kier alpha value is -2.61. The number of nitrogens with zero attached hydrogens (tertiary/aromatic N) is 3. The number of anilines is 1. The molecule has 1 aliphatic rings. The van der Waals surface area contributed by atoms with Crippen LogP contribution in [0, 0.1) is 25.7 Å². The molecule has 2 heterocycles. The minimum absolute atomic E-state index is 0. The molecule has 9 heteroatoms. The van der Waals surface area contributed by atoms with Crippen LogP contribution in [0.15, 0.2) is 42.6 Å². The lowest BCUT2D eigenvalue weighted by molar-refractivity contribution is -0.118. The number of hydrogen-bond acceptors (Lipinski definition) is 5. The molecule has 1 fully saturated rings. The molecule has 1 saturated carbocycles. The molecule has 0 aliphatic heterocycles. The van der Waals surface area contributed by atoms with Gasteiger partial charge in [-0.15, -0.1) is 24.8 Å². The Labute approximate surface area is 226 Å². The zero-order valence-corrected chi connectivity index (χ0v) is 23.0. The number of ether oxygens (including phenoxy) is 1. The first-order valence-corrected chi connectivity index (χ1v) is 12.1. The van der Waals surface area contributed by atoms with Crippen molar-refractivity contribution < 1.29 is 9.53 Å². The van der Waals surface area contributed by atoms with Crippen LogP contribution in [0.25, 0.3) is 11.1 Å². The van der Waals surface area contributed by atoms with Crippen molar-refractivity contribution in [3.05, 3.63) is 59.5 Å². The smallest absolute Gasteiger partial charge is 0.242 e. The summed E-state index contributed by atoms with van der Waals surface area (Å²) in [6.07, 6.45) is 6.10. The predicted molar refractivity (Wildman–Crippen MR) is 149 cm³/mol. The second-order valence-electron chi connectivity index (χ2n) is 9.52. The summed E-state index contributed by atoms with van der Waals surface area (Å²) in [6, 6.07) is 11.3. The molecular weight excluding hydrogens is 497 g/mol. The van der Waals surface area contributed by atoms with Gasteiger partial charge in [0.2, 0.25) is 5.91 Å². The van der Waals surface area contributed by atoms with Crippen LogP contribution in [-0.2, 0) is 11.3 Å². The van der Waals surface area contributed by atoms with Crippen molar-refractivity contribution in [2.75, 3.05) is 12.4 Å². The van der Waals surface area contributed by atoms with Crippen LogP contribution in [0.5, 0.6) is 5.75 Å². The number of benzene rings is 1. The van der Waals surface area contributed by atoms with Crippen LogP contribution in [0.1, 0.15) is 49.6 Å². The summed E-state index contributed by atoms with van der Waals surface area (Å²) >= 11 is 0. The lowest BCUT2D eigenvalue weighted by atomic mass is 9.79. The minimum Gasteiger partial charge on any atom is -0.497 e. The number of rotatable bonds is 7. The fourth-order valence-corrected chi connectivity index (χ4v) is 4.86. The molecule has 0 saturated heterocycles. The monoisotopic (exact) mass is 533 g/mol. The van der Waals surface area contributed by atoms with Gasteiger partial charge >= 0.3 is 0 Å². The SMILES string of the molecule is COc1ccc(Cn2nc(C)c(-c3ccc(NC(=O)C(N)C4CCC(C)CC4)nc3)c2C)cc1.Cl.Cl. The highest BCUT2D eigenvalue weighted by Crippen LogP contribution is 2.31. The Morgan fingerprint density at radius 3 is 2.36 bits per heavy atom. The normalized spacial score (nSPS) is 17.9. The van der Waals surface area contributed by atoms with E-state index in [0.29, 0.717) is 12.4 Å². The lowest BCUT2D eigenvalue weighted by Gasteiger charge is -2.29. The minimum atomic E-state index is -0.491. The van der Waals surface area contributed by atoms with Gasteiger partial charge in [0.15, 0.2) is 0 Å². The van der Waals surface area contributed by atoms with Crippen molar-refractivity contribution >= 4 is 36.5 Å². The largest absolute Gasteiger partial charge is 0.497 e. The molecule has 36 heavy (non-hydrogen) atoms. The van der Waals surface area contributed by atoms with Crippen LogP contribution in [-0.4, -0.2) is 33.8 Å². The Morgan fingerprint density at radius 2 is 1.78 bits per heavy atom. The van der Waals surface area contributed by atoms with E-state index in [2.05, 4.69) is 24.1 Å². The molecule has 2 aromatic heterocycles. The van der Waals surface area contributed by atoms with Crippen LogP contribution in [0.4, 0.5) is 5.82 Å². The van der Waals surface area contributed by atoms with Crippen molar-refractivity contribution in [2.45, 2.75) is 59.0 Å². The number of nitrogens with two attached hydrogens (primary N) is 1. The highest BCUT2D eigenvalue weighted by atomic mass is 35.5. The average molecular weight is 535 g/mol. The van der Waals surface area contributed by atoms with Gasteiger partial charge in [-0.1, -0.05) is 31.9 Å². The Kier molecular flexibility index (Phi) is 10.8. The van der Waals surface area contributed by atoms with Crippen molar-refractivity contribution in [1.82, 2.24) is 14.8 Å². The summed E-state index contributed by atoms with van der Waals surface area (Å²) in [4.78, 5) is 17.2. The zero-order valence-electron chi connectivity index (χ0n) is 21.4. The summed E-state index contributed by atoms with van der Waals surface area (Å²) in [5, 5.41) is 7.65. The van der Waals surface area contributed by atoms with Crippen molar-refractivity contribution in [3.63, 3.8) is 0 Å². The van der Waals surface area contributed by atoms with E-state index in [0.717, 1.165) is 65.4 Å². The third kappa shape index (κ3) is 6.78. The van der Waals surface area contributed by atoms with Gasteiger partial charge in [-0.3, -0.25) is 9.48 Å². The van der Waals surface area contributed by atoms with Crippen molar-refractivity contribution in [3.8, 4) is 16.9 Å². The Bertz CT molecular complexity index is 1120. The first-order chi connectivity index (χ1) is 16.4. The molecule has 1 unspecified atom stereocenters. The Morgan fingerprint density at radius 1 is 1.11 bits per heavy atom. The topological polar surface area (TPSA) is 95.1 Å². The van der Waals surface area contributed by atoms with Crippen LogP contribution in [0.3, 0.4) is 0 Å². The number of aromatic nitrogens is 3. The zero-order chi connectivity index (χ0) is 24.2. The Balaban J connectivity index is 0.00000228. The molecule has 1 aromatic carbocycles. The third-order valence-electron chi connectivity index (χ3n) is 7.05. The number of nitrogens with one attached hydrogen (secondary N) is 1. The lowest BCUT2D eigenvalue weighted by Crippen LogP contribution is -2.43. The van der Waals surface area contributed by atoms with Crippen LogP contribution in [0.2, 0.25) is 0 Å². The quantitative estimate of drug-likeness (QED) is 0.414. The molecule has 0 bridgehead atoms. The van der Waals surface area contributed by atoms with Gasteiger partial charge < -0.3 is 15.8 Å². The van der Waals surface area contributed by atoms with E-state index in [1.807, 2.05) is 48.0 Å². The summed E-state index contributed by atoms with van der Waals surface area (Å²) in [7, 11) is 1.67. The van der Waals surface area contributed by atoms with Crippen LogP contribution < -0.4 is 15.8 Å². The highest BCUT2D eigenvalue weighted by molar-refractivity contribution is 5.94. The molecule has 4 rings (SSSR count). The molecule has 196 valence electrons. The molecule has 0 radical (unpaired) electrons. The maximum atomic E-state index is 12.7. The summed E-state index contributed by atoms with van der Waals surface area (Å²) in [5.41, 5.74) is 11.5. The van der Waals surface area contributed by atoms with Gasteiger partial charge in [-0.25, -0.2) is 4.98 Å². The number of carbonyl (C=O) groups is 1. The fourth-order valence-electron chi connectivity index (χ4n) is 4.86. The van der Waals surface area contributed by atoms with Crippen molar-refractivity contribution in [1.29, 1.82) is 0 Å². The number of pyridine rings is 1. The van der Waals surface area contributed by atoms with Crippen LogP contribution >= 0.6 is 24.8 Å². The first-order valence-electron chi connectivity index (χ1n) is 12.1. The second kappa shape index (κ2) is 13.1. The van der Waals surface area contributed by atoms with Gasteiger partial charge in [-0.2, -0.15) is 5.10 Å². The first kappa shape index (κ1) is 29.6. The predicted octanol–water partition coefficient (Wildman–Crippen LogP) is 5.55. The van der Waals surface area contributed by atoms with E-state index in [9.17, 15) is 4.79 Å². The number of aryl methyl sites for hydroxylation is 1. The molecule has 7 nitrogen and oxygen atoms in total. The standard InChI is InChI=1S/C27H35N5O2.2ClH/c1-17-5-9-21(10-6-17)26(28)27(33)30-24-14-11-22(15-29-24)25-18(2)31-32(19(25)3)16-20-7-12-23(34-4)13-8-20;;/h7-8,11-15,17,21,26H,5-6,9-10,16,28H2,1-4H3,(H,29,30,33);2*1H. The summed E-state index contributed by atoms with van der Waals surface area (Å²) < 4.78 is 7.25. The number of amides is 1. The maximum Gasteiger partial charge on any atom is 0.242 e. The summed E-state index contributed by atoms with van der Waals surface area (Å²) in [6.45, 7) is 7.01. The van der Waals surface area contributed by atoms with E-state index in [1.165, 1.54) is 0 Å². The third-order valence-corrected chi connectivity index (χ3v) is 7.05. The maximum absolute atomic E-state index is 12.7. The van der Waals surface area contributed by atoms with Crippen molar-refractivity contribution in [2.24, 2.45) is 17.6 Å². The molecule has 3 aromatic rings. The van der Waals surface area contributed by atoms with Gasteiger partial charge in [0, 0.05) is 23.0 Å². The number of methoxy groups -OCH3 is 1. The molecule has 0 spiro atoms. The van der Waals surface area contributed by atoms with Gasteiger partial charge in [0.1, 0.15) is 11.6 Å². The number of halogens is 2. The highest BCUT2D eigenvalue weighted by Gasteiger charge is 2.28. The molecule has 1 aliphatic carbocycles. The van der Waals surface area contributed by atoms with Gasteiger partial charge in [-0.05, 0) is 68.4 Å². The second-order valence-corrected chi connectivity index (χ2v) is 9.52. The molecule has 1 atom stereocenters. The number of hydrogen-bond donors (Lipinski definition) is 2. The van der Waals surface area contributed by atoms with E-state index >= 15 is 0 Å². The van der Waals surface area contributed by atoms with E-state index < -0.39 is 6.04 Å². The molecule has 1 amide bonds. The van der Waals surface area contributed by atoms with Gasteiger partial charge in [0.05, 0.1) is 25.4 Å². The molecular formula is C27H37Cl2N5O2.